The lowest BCUT2D eigenvalue weighted by molar-refractivity contribution is -0.128. The van der Waals surface area contributed by atoms with E-state index >= 15 is 0 Å². The molecule has 0 fully saturated rings. The van der Waals surface area contributed by atoms with Crippen molar-refractivity contribution in [2.45, 2.75) is 5.38 Å². The minimum atomic E-state index is -0.316. The van der Waals surface area contributed by atoms with Crippen molar-refractivity contribution < 1.29 is 9.53 Å². The molecule has 0 aliphatic carbocycles. The molecule has 0 aromatic carbocycles. The first-order chi connectivity index (χ1) is 5.84. The summed E-state index contributed by atoms with van der Waals surface area (Å²) in [5.74, 6) is 0. The van der Waals surface area contributed by atoms with Crippen LogP contribution in [0.3, 0.4) is 0 Å². The van der Waals surface area contributed by atoms with Crippen LogP contribution in [0.15, 0.2) is 24.5 Å². The van der Waals surface area contributed by atoms with Gasteiger partial charge in [-0.2, -0.15) is 0 Å². The Labute approximate surface area is 75.3 Å². The largest absolute Gasteiger partial charge is 0.466 e. The second-order valence-electron chi connectivity index (χ2n) is 2.18. The fraction of sp³-hybridized carbons (Fsp3) is 0.250. The molecular weight excluding hydrogens is 178 g/mol. The first-order valence-corrected chi connectivity index (χ1v) is 3.87. The SMILES string of the molecule is O=COCC(Cl)c1cccnc1. The van der Waals surface area contributed by atoms with E-state index in [1.54, 1.807) is 18.5 Å². The molecule has 1 atom stereocenters. The summed E-state index contributed by atoms with van der Waals surface area (Å²) in [5.41, 5.74) is 0.848. The highest BCUT2D eigenvalue weighted by atomic mass is 35.5. The third-order valence-electron chi connectivity index (χ3n) is 1.36. The highest BCUT2D eigenvalue weighted by Crippen LogP contribution is 2.18. The smallest absolute Gasteiger partial charge is 0.293 e. The van der Waals surface area contributed by atoms with Crippen LogP contribution in [-0.4, -0.2) is 18.1 Å². The number of pyridine rings is 1. The predicted octanol–water partition coefficient (Wildman–Crippen LogP) is 1.53. The highest BCUT2D eigenvalue weighted by molar-refractivity contribution is 6.20. The third kappa shape index (κ3) is 2.51. The summed E-state index contributed by atoms with van der Waals surface area (Å²) in [5, 5.41) is -0.316. The Balaban J connectivity index is 2.53. The molecule has 0 aliphatic heterocycles. The zero-order valence-electron chi connectivity index (χ0n) is 6.31. The first kappa shape index (κ1) is 9.00. The van der Waals surface area contributed by atoms with Gasteiger partial charge in [-0.15, -0.1) is 11.6 Å². The maximum atomic E-state index is 9.84. The monoisotopic (exact) mass is 185 g/mol. The number of alkyl halides is 1. The minimum Gasteiger partial charge on any atom is -0.466 e. The molecule has 1 rings (SSSR count). The second-order valence-corrected chi connectivity index (χ2v) is 2.71. The van der Waals surface area contributed by atoms with Gasteiger partial charge in [0.05, 0.1) is 5.38 Å². The number of carbonyl (C=O) groups is 1. The molecule has 1 aromatic rings. The van der Waals surface area contributed by atoms with E-state index in [1.807, 2.05) is 6.07 Å². The van der Waals surface area contributed by atoms with Crippen LogP contribution in [0.25, 0.3) is 0 Å². The number of rotatable bonds is 4. The predicted molar refractivity (Wildman–Crippen MR) is 44.8 cm³/mol. The lowest BCUT2D eigenvalue weighted by Crippen LogP contribution is -2.00. The van der Waals surface area contributed by atoms with Gasteiger partial charge >= 0.3 is 0 Å². The molecule has 0 aliphatic rings. The Morgan fingerprint density at radius 3 is 3.17 bits per heavy atom. The molecule has 64 valence electrons. The zero-order chi connectivity index (χ0) is 8.81. The van der Waals surface area contributed by atoms with E-state index in [4.69, 9.17) is 11.6 Å². The van der Waals surface area contributed by atoms with Gasteiger partial charge in [-0.1, -0.05) is 6.07 Å². The van der Waals surface area contributed by atoms with E-state index in [-0.39, 0.29) is 12.0 Å². The summed E-state index contributed by atoms with van der Waals surface area (Å²) >= 11 is 5.86. The molecule has 0 radical (unpaired) electrons. The maximum absolute atomic E-state index is 9.84. The van der Waals surface area contributed by atoms with Crippen LogP contribution < -0.4 is 0 Å². The lowest BCUT2D eigenvalue weighted by atomic mass is 10.2. The van der Waals surface area contributed by atoms with Crippen LogP contribution in [0.2, 0.25) is 0 Å². The van der Waals surface area contributed by atoms with Crippen LogP contribution in [0.4, 0.5) is 0 Å². The molecule has 0 N–H and O–H groups in total. The Morgan fingerprint density at radius 1 is 1.75 bits per heavy atom. The van der Waals surface area contributed by atoms with Crippen LogP contribution in [-0.2, 0) is 9.53 Å². The molecule has 0 amide bonds. The summed E-state index contributed by atoms with van der Waals surface area (Å²) < 4.78 is 4.51. The molecule has 0 saturated carbocycles. The Hall–Kier alpha value is -1.09. The van der Waals surface area contributed by atoms with Crippen LogP contribution in [0, 0.1) is 0 Å². The van der Waals surface area contributed by atoms with E-state index in [9.17, 15) is 4.79 Å². The fourth-order valence-corrected chi connectivity index (χ4v) is 0.983. The Bertz CT molecular complexity index is 240. The van der Waals surface area contributed by atoms with Gasteiger partial charge in [-0.3, -0.25) is 9.78 Å². The Kier molecular flexibility index (Phi) is 3.54. The number of ether oxygens (including phenoxy) is 1. The standard InChI is InChI=1S/C8H8ClNO2/c9-8(5-12-6-11)7-2-1-3-10-4-7/h1-4,6,8H,5H2. The number of nitrogens with zero attached hydrogens (tertiary/aromatic N) is 1. The molecule has 1 heterocycles. The average molecular weight is 186 g/mol. The second kappa shape index (κ2) is 4.72. The lowest BCUT2D eigenvalue weighted by Gasteiger charge is -2.06. The zero-order valence-corrected chi connectivity index (χ0v) is 7.07. The van der Waals surface area contributed by atoms with Gasteiger partial charge in [0.2, 0.25) is 0 Å². The number of hydrogen-bond acceptors (Lipinski definition) is 3. The van der Waals surface area contributed by atoms with Crippen molar-refractivity contribution >= 4 is 18.1 Å². The van der Waals surface area contributed by atoms with Crippen molar-refractivity contribution in [3.8, 4) is 0 Å². The van der Waals surface area contributed by atoms with Gasteiger partial charge < -0.3 is 4.74 Å². The minimum absolute atomic E-state index is 0.177. The van der Waals surface area contributed by atoms with E-state index in [0.717, 1.165) is 5.56 Å². The first-order valence-electron chi connectivity index (χ1n) is 3.44. The van der Waals surface area contributed by atoms with Gasteiger partial charge in [0.15, 0.2) is 0 Å². The topological polar surface area (TPSA) is 39.2 Å². The van der Waals surface area contributed by atoms with Gasteiger partial charge in [-0.25, -0.2) is 0 Å². The number of aromatic nitrogens is 1. The Morgan fingerprint density at radius 2 is 2.58 bits per heavy atom. The van der Waals surface area contributed by atoms with Crippen molar-refractivity contribution in [2.24, 2.45) is 0 Å². The molecule has 4 heteroatoms. The molecule has 3 nitrogen and oxygen atoms in total. The van der Waals surface area contributed by atoms with E-state index < -0.39 is 0 Å². The summed E-state index contributed by atoms with van der Waals surface area (Å²) in [7, 11) is 0. The average Bonchev–Trinajstić information content (AvgIpc) is 2.15. The van der Waals surface area contributed by atoms with Gasteiger partial charge in [0.25, 0.3) is 6.47 Å². The van der Waals surface area contributed by atoms with Gasteiger partial charge in [0, 0.05) is 12.4 Å². The highest BCUT2D eigenvalue weighted by Gasteiger charge is 2.06. The summed E-state index contributed by atoms with van der Waals surface area (Å²) in [6, 6.07) is 3.62. The summed E-state index contributed by atoms with van der Waals surface area (Å²) in [6.07, 6.45) is 3.31. The molecule has 1 unspecified atom stereocenters. The van der Waals surface area contributed by atoms with E-state index in [1.165, 1.54) is 0 Å². The molecule has 1 aromatic heterocycles. The normalized spacial score (nSPS) is 12.1. The van der Waals surface area contributed by atoms with Crippen molar-refractivity contribution in [3.63, 3.8) is 0 Å². The number of hydrogen-bond donors (Lipinski definition) is 0. The molecular formula is C8H8ClNO2. The van der Waals surface area contributed by atoms with Crippen LogP contribution in [0.1, 0.15) is 10.9 Å². The summed E-state index contributed by atoms with van der Waals surface area (Å²) in [6.45, 7) is 0.558. The molecule has 12 heavy (non-hydrogen) atoms. The van der Waals surface area contributed by atoms with E-state index in [2.05, 4.69) is 9.72 Å². The van der Waals surface area contributed by atoms with Crippen molar-refractivity contribution in [3.05, 3.63) is 30.1 Å². The quantitative estimate of drug-likeness (QED) is 0.528. The van der Waals surface area contributed by atoms with E-state index in [0.29, 0.717) is 6.47 Å². The van der Waals surface area contributed by atoms with Crippen LogP contribution in [0.5, 0.6) is 0 Å². The summed E-state index contributed by atoms with van der Waals surface area (Å²) in [4.78, 5) is 13.7. The van der Waals surface area contributed by atoms with Crippen LogP contribution >= 0.6 is 11.6 Å². The van der Waals surface area contributed by atoms with Crippen molar-refractivity contribution in [1.82, 2.24) is 4.98 Å². The van der Waals surface area contributed by atoms with Crippen molar-refractivity contribution in [2.75, 3.05) is 6.61 Å². The molecule has 0 spiro atoms. The van der Waals surface area contributed by atoms with Gasteiger partial charge in [0.1, 0.15) is 6.61 Å². The van der Waals surface area contributed by atoms with Gasteiger partial charge in [-0.05, 0) is 11.6 Å². The number of carbonyl (C=O) groups excluding carboxylic acids is 1. The van der Waals surface area contributed by atoms with Crippen molar-refractivity contribution in [1.29, 1.82) is 0 Å². The number of halogens is 1. The third-order valence-corrected chi connectivity index (χ3v) is 1.73. The molecule has 0 saturated heterocycles. The fourth-order valence-electron chi connectivity index (χ4n) is 0.781. The molecule has 0 bridgehead atoms. The maximum Gasteiger partial charge on any atom is 0.293 e.